The normalized spacial score (nSPS) is 16.8. The molecule has 1 N–H and O–H groups in total. The molecule has 0 radical (unpaired) electrons. The maximum Gasteiger partial charge on any atom is 0.222 e. The van der Waals surface area contributed by atoms with Crippen molar-refractivity contribution in [1.29, 1.82) is 0 Å². The summed E-state index contributed by atoms with van der Waals surface area (Å²) in [6.07, 6.45) is 7.90. The smallest absolute Gasteiger partial charge is 0.222 e. The zero-order valence-corrected chi connectivity index (χ0v) is 13.1. The first kappa shape index (κ1) is 16.5. The van der Waals surface area contributed by atoms with Crippen molar-refractivity contribution < 1.29 is 4.79 Å². The van der Waals surface area contributed by atoms with Gasteiger partial charge in [0.1, 0.15) is 0 Å². The van der Waals surface area contributed by atoms with Crippen LogP contribution in [0.3, 0.4) is 0 Å². The van der Waals surface area contributed by atoms with E-state index in [1.807, 2.05) is 0 Å². The van der Waals surface area contributed by atoms with Crippen LogP contribution in [0.1, 0.15) is 65.7 Å². The number of carbonyl (C=O) groups excluding carboxylic acids is 1. The highest BCUT2D eigenvalue weighted by Gasteiger charge is 2.19. The summed E-state index contributed by atoms with van der Waals surface area (Å²) in [7, 11) is 0. The van der Waals surface area contributed by atoms with Crippen LogP contribution < -0.4 is 5.32 Å². The highest BCUT2D eigenvalue weighted by Crippen LogP contribution is 2.19. The Bertz CT molecular complexity index is 247. The topological polar surface area (TPSA) is 32.3 Å². The van der Waals surface area contributed by atoms with Gasteiger partial charge in [-0.3, -0.25) is 4.79 Å². The van der Waals surface area contributed by atoms with Crippen molar-refractivity contribution >= 4 is 5.91 Å². The van der Waals surface area contributed by atoms with Crippen LogP contribution in [0.15, 0.2) is 0 Å². The molecule has 112 valence electrons. The maximum atomic E-state index is 12.3. The lowest BCUT2D eigenvalue weighted by atomic mass is 9.93. The van der Waals surface area contributed by atoms with Gasteiger partial charge in [0.05, 0.1) is 0 Å². The summed E-state index contributed by atoms with van der Waals surface area (Å²) >= 11 is 0. The first-order valence-corrected chi connectivity index (χ1v) is 8.15. The summed E-state index contributed by atoms with van der Waals surface area (Å²) in [6.45, 7) is 9.67. The third-order valence-corrected chi connectivity index (χ3v) is 4.17. The molecule has 19 heavy (non-hydrogen) atoms. The summed E-state index contributed by atoms with van der Waals surface area (Å²) in [6, 6.07) is 0.345. The van der Waals surface area contributed by atoms with E-state index in [0.29, 0.717) is 11.9 Å². The van der Waals surface area contributed by atoms with Gasteiger partial charge in [-0.05, 0) is 58.5 Å². The van der Waals surface area contributed by atoms with Crippen molar-refractivity contribution in [3.8, 4) is 0 Å². The summed E-state index contributed by atoms with van der Waals surface area (Å²) in [5.74, 6) is 1.12. The second kappa shape index (κ2) is 9.35. The molecule has 3 heteroatoms. The number of piperidine rings is 1. The molecule has 0 unspecified atom stereocenters. The fraction of sp³-hybridized carbons (Fsp3) is 0.938. The third kappa shape index (κ3) is 6.42. The van der Waals surface area contributed by atoms with Crippen LogP contribution >= 0.6 is 0 Å². The largest absolute Gasteiger partial charge is 0.340 e. The van der Waals surface area contributed by atoms with E-state index < -0.39 is 0 Å². The Kier molecular flexibility index (Phi) is 8.11. The Morgan fingerprint density at radius 1 is 1.26 bits per heavy atom. The van der Waals surface area contributed by atoms with Gasteiger partial charge in [-0.25, -0.2) is 0 Å². The third-order valence-electron chi connectivity index (χ3n) is 4.17. The summed E-state index contributed by atoms with van der Waals surface area (Å²) in [5.41, 5.74) is 0. The van der Waals surface area contributed by atoms with E-state index in [4.69, 9.17) is 0 Å². The van der Waals surface area contributed by atoms with Crippen molar-refractivity contribution in [2.24, 2.45) is 5.92 Å². The van der Waals surface area contributed by atoms with Crippen molar-refractivity contribution in [1.82, 2.24) is 10.2 Å². The fourth-order valence-electron chi connectivity index (χ4n) is 2.84. The lowest BCUT2D eigenvalue weighted by Gasteiger charge is -2.28. The van der Waals surface area contributed by atoms with Gasteiger partial charge in [-0.2, -0.15) is 0 Å². The van der Waals surface area contributed by atoms with Gasteiger partial charge in [0.25, 0.3) is 0 Å². The number of unbranched alkanes of at least 4 members (excludes halogenated alkanes) is 2. The van der Waals surface area contributed by atoms with Gasteiger partial charge in [0.2, 0.25) is 5.91 Å². The molecule has 0 aromatic heterocycles. The van der Waals surface area contributed by atoms with Gasteiger partial charge >= 0.3 is 0 Å². The minimum absolute atomic E-state index is 0.345. The van der Waals surface area contributed by atoms with Gasteiger partial charge in [-0.15, -0.1) is 0 Å². The molecule has 0 atom stereocenters. The van der Waals surface area contributed by atoms with Crippen LogP contribution in [0.4, 0.5) is 0 Å². The highest BCUT2D eigenvalue weighted by molar-refractivity contribution is 5.76. The Morgan fingerprint density at radius 3 is 2.53 bits per heavy atom. The number of rotatable bonds is 8. The van der Waals surface area contributed by atoms with Crippen LogP contribution in [0.25, 0.3) is 0 Å². The zero-order valence-electron chi connectivity index (χ0n) is 13.1. The lowest BCUT2D eigenvalue weighted by molar-refractivity contribution is -0.133. The van der Waals surface area contributed by atoms with Gasteiger partial charge < -0.3 is 10.2 Å². The average Bonchev–Trinajstić information content (AvgIpc) is 2.42. The molecule has 1 rings (SSSR count). The second-order valence-electron chi connectivity index (χ2n) is 6.12. The molecule has 1 fully saturated rings. The average molecular weight is 268 g/mol. The number of hydrogen-bond donors (Lipinski definition) is 1. The number of nitrogens with one attached hydrogen (secondary N) is 1. The predicted octanol–water partition coefficient (Wildman–Crippen LogP) is 3.19. The van der Waals surface area contributed by atoms with E-state index >= 15 is 0 Å². The van der Waals surface area contributed by atoms with Crippen molar-refractivity contribution in [2.75, 3.05) is 19.6 Å². The Balaban J connectivity index is 2.29. The van der Waals surface area contributed by atoms with Crippen molar-refractivity contribution in [3.05, 3.63) is 0 Å². The molecular formula is C16H32N2O. The van der Waals surface area contributed by atoms with E-state index in [2.05, 4.69) is 31.0 Å². The van der Waals surface area contributed by atoms with Crippen LogP contribution in [-0.4, -0.2) is 36.5 Å². The molecule has 1 heterocycles. The summed E-state index contributed by atoms with van der Waals surface area (Å²) < 4.78 is 0. The first-order valence-electron chi connectivity index (χ1n) is 8.15. The molecule has 1 amide bonds. The van der Waals surface area contributed by atoms with E-state index in [9.17, 15) is 4.79 Å². The lowest BCUT2D eigenvalue weighted by Crippen LogP contribution is -2.38. The zero-order chi connectivity index (χ0) is 14.1. The van der Waals surface area contributed by atoms with Crippen LogP contribution in [-0.2, 0) is 4.79 Å². The first-order chi connectivity index (χ1) is 9.15. The Morgan fingerprint density at radius 2 is 1.95 bits per heavy atom. The van der Waals surface area contributed by atoms with Crippen molar-refractivity contribution in [3.63, 3.8) is 0 Å². The minimum atomic E-state index is 0.345. The quantitative estimate of drug-likeness (QED) is 0.686. The SMILES string of the molecule is CCCCCN(C(=O)CCC1CCNCC1)C(C)C. The van der Waals surface area contributed by atoms with E-state index in [0.717, 1.165) is 44.8 Å². The second-order valence-corrected chi connectivity index (χ2v) is 6.12. The molecule has 1 aliphatic rings. The monoisotopic (exact) mass is 268 g/mol. The van der Waals surface area contributed by atoms with E-state index in [-0.39, 0.29) is 0 Å². The van der Waals surface area contributed by atoms with Gasteiger partial charge in [0.15, 0.2) is 0 Å². The molecule has 0 aliphatic carbocycles. The number of nitrogens with zero attached hydrogens (tertiary/aromatic N) is 1. The summed E-state index contributed by atoms with van der Waals surface area (Å²) in [5, 5.41) is 3.38. The molecule has 0 bridgehead atoms. The maximum absolute atomic E-state index is 12.3. The van der Waals surface area contributed by atoms with Gasteiger partial charge in [0, 0.05) is 19.0 Å². The molecule has 1 saturated heterocycles. The standard InChI is InChI=1S/C16H32N2O/c1-4-5-6-13-18(14(2)3)16(19)8-7-15-9-11-17-12-10-15/h14-15,17H,4-13H2,1-3H3. The van der Waals surface area contributed by atoms with E-state index in [1.54, 1.807) is 0 Å². The van der Waals surface area contributed by atoms with Crippen LogP contribution in [0.2, 0.25) is 0 Å². The Hall–Kier alpha value is -0.570. The van der Waals surface area contributed by atoms with E-state index in [1.165, 1.54) is 25.7 Å². The number of carbonyl (C=O) groups is 1. The molecule has 0 aromatic rings. The van der Waals surface area contributed by atoms with Crippen LogP contribution in [0, 0.1) is 5.92 Å². The van der Waals surface area contributed by atoms with Crippen LogP contribution in [0.5, 0.6) is 0 Å². The Labute approximate surface area is 119 Å². The molecule has 0 saturated carbocycles. The number of amides is 1. The number of hydrogen-bond acceptors (Lipinski definition) is 2. The highest BCUT2D eigenvalue weighted by atomic mass is 16.2. The van der Waals surface area contributed by atoms with Gasteiger partial charge in [-0.1, -0.05) is 19.8 Å². The molecule has 0 spiro atoms. The predicted molar refractivity (Wildman–Crippen MR) is 81.2 cm³/mol. The fourth-order valence-corrected chi connectivity index (χ4v) is 2.84. The summed E-state index contributed by atoms with van der Waals surface area (Å²) in [4.78, 5) is 14.4. The molecular weight excluding hydrogens is 236 g/mol. The van der Waals surface area contributed by atoms with Crippen molar-refractivity contribution in [2.45, 2.75) is 71.8 Å². The molecule has 3 nitrogen and oxygen atoms in total. The molecule has 0 aromatic carbocycles. The molecule has 1 aliphatic heterocycles. The minimum Gasteiger partial charge on any atom is -0.340 e.